The van der Waals surface area contributed by atoms with Crippen LogP contribution in [0, 0.1) is 0 Å². The largest absolute Gasteiger partial charge is 0.497 e. The Morgan fingerprint density at radius 2 is 1.90 bits per heavy atom. The predicted molar refractivity (Wildman–Crippen MR) is 83.4 cm³/mol. The van der Waals surface area contributed by atoms with E-state index >= 15 is 0 Å². The zero-order chi connectivity index (χ0) is 15.0. The van der Waals surface area contributed by atoms with E-state index in [2.05, 4.69) is 5.32 Å². The van der Waals surface area contributed by atoms with Crippen molar-refractivity contribution < 1.29 is 14.3 Å². The molecule has 0 saturated heterocycles. The summed E-state index contributed by atoms with van der Waals surface area (Å²) in [5, 5.41) is 2.48. The summed E-state index contributed by atoms with van der Waals surface area (Å²) >= 11 is 0. The molecule has 0 unspecified atom stereocenters. The van der Waals surface area contributed by atoms with Crippen molar-refractivity contribution in [2.45, 2.75) is 13.5 Å². The number of benzene rings is 1. The summed E-state index contributed by atoms with van der Waals surface area (Å²) in [5.74, 6) is 0.308. The number of hydrogen-bond acceptors (Lipinski definition) is 4. The molecule has 21 heavy (non-hydrogen) atoms. The van der Waals surface area contributed by atoms with Crippen LogP contribution in [0.1, 0.15) is 12.5 Å². The van der Waals surface area contributed by atoms with Gasteiger partial charge in [0.2, 0.25) is 11.8 Å². The van der Waals surface area contributed by atoms with Gasteiger partial charge in [-0.25, -0.2) is 0 Å². The SMILES string of the molecule is CCN(Cc1ccc(OC)cc1)C(=O)CNC(=O)CN.Cl. The minimum absolute atomic E-state index is 0. The van der Waals surface area contributed by atoms with E-state index in [1.807, 2.05) is 31.2 Å². The second-order valence-electron chi connectivity index (χ2n) is 4.24. The quantitative estimate of drug-likeness (QED) is 0.769. The molecule has 0 bridgehead atoms. The maximum absolute atomic E-state index is 12.0. The fourth-order valence-electron chi connectivity index (χ4n) is 1.69. The third kappa shape index (κ3) is 6.46. The average molecular weight is 316 g/mol. The van der Waals surface area contributed by atoms with Crippen molar-refractivity contribution in [2.24, 2.45) is 5.73 Å². The minimum atomic E-state index is -0.334. The summed E-state index contributed by atoms with van der Waals surface area (Å²) in [6.45, 7) is 2.82. The Bertz CT molecular complexity index is 451. The van der Waals surface area contributed by atoms with Crippen LogP contribution in [-0.4, -0.2) is 43.5 Å². The number of methoxy groups -OCH3 is 1. The van der Waals surface area contributed by atoms with Crippen LogP contribution in [0.15, 0.2) is 24.3 Å². The van der Waals surface area contributed by atoms with Crippen LogP contribution in [0.4, 0.5) is 0 Å². The Hall–Kier alpha value is -1.79. The van der Waals surface area contributed by atoms with Gasteiger partial charge in [0.25, 0.3) is 0 Å². The fraction of sp³-hybridized carbons (Fsp3) is 0.429. The highest BCUT2D eigenvalue weighted by Crippen LogP contribution is 2.12. The number of carbonyl (C=O) groups is 2. The monoisotopic (exact) mass is 315 g/mol. The maximum Gasteiger partial charge on any atom is 0.242 e. The highest BCUT2D eigenvalue weighted by Gasteiger charge is 2.12. The number of nitrogens with zero attached hydrogens (tertiary/aromatic N) is 1. The van der Waals surface area contributed by atoms with Gasteiger partial charge in [0.05, 0.1) is 20.2 Å². The second kappa shape index (κ2) is 10.0. The summed E-state index contributed by atoms with van der Waals surface area (Å²) < 4.78 is 5.09. The third-order valence-electron chi connectivity index (χ3n) is 2.89. The molecule has 2 amide bonds. The van der Waals surface area contributed by atoms with Gasteiger partial charge in [-0.1, -0.05) is 12.1 Å². The maximum atomic E-state index is 12.0. The standard InChI is InChI=1S/C14H21N3O3.ClH/c1-3-17(14(19)9-16-13(18)8-15)10-11-4-6-12(20-2)7-5-11;/h4-7H,3,8-10,15H2,1-2H3,(H,16,18);1H. The van der Waals surface area contributed by atoms with Crippen LogP contribution in [0.5, 0.6) is 5.75 Å². The zero-order valence-corrected chi connectivity index (χ0v) is 13.1. The van der Waals surface area contributed by atoms with Gasteiger partial charge >= 0.3 is 0 Å². The Morgan fingerprint density at radius 1 is 1.29 bits per heavy atom. The van der Waals surface area contributed by atoms with Crippen molar-refractivity contribution in [3.05, 3.63) is 29.8 Å². The van der Waals surface area contributed by atoms with Gasteiger partial charge in [-0.2, -0.15) is 0 Å². The highest BCUT2D eigenvalue weighted by atomic mass is 35.5. The van der Waals surface area contributed by atoms with Gasteiger partial charge in [0, 0.05) is 13.1 Å². The summed E-state index contributed by atoms with van der Waals surface area (Å²) in [4.78, 5) is 24.7. The molecule has 1 aromatic rings. The first kappa shape index (κ1) is 19.2. The predicted octanol–water partition coefficient (Wildman–Crippen LogP) is 0.540. The van der Waals surface area contributed by atoms with Gasteiger partial charge in [-0.05, 0) is 24.6 Å². The summed E-state index contributed by atoms with van der Waals surface area (Å²) in [7, 11) is 1.61. The first-order valence-corrected chi connectivity index (χ1v) is 6.48. The van der Waals surface area contributed by atoms with Crippen LogP contribution in [0.3, 0.4) is 0 Å². The number of halogens is 1. The molecule has 0 spiro atoms. The van der Waals surface area contributed by atoms with Crippen molar-refractivity contribution in [3.8, 4) is 5.75 Å². The van der Waals surface area contributed by atoms with Gasteiger partial charge < -0.3 is 20.7 Å². The number of hydrogen-bond donors (Lipinski definition) is 2. The molecule has 0 fully saturated rings. The molecule has 6 nitrogen and oxygen atoms in total. The first-order valence-electron chi connectivity index (χ1n) is 6.48. The number of carbonyl (C=O) groups excluding carboxylic acids is 2. The van der Waals surface area contributed by atoms with E-state index in [0.29, 0.717) is 13.1 Å². The molecule has 7 heteroatoms. The molecule has 3 N–H and O–H groups in total. The molecule has 0 radical (unpaired) electrons. The smallest absolute Gasteiger partial charge is 0.242 e. The lowest BCUT2D eigenvalue weighted by Gasteiger charge is -2.21. The summed E-state index contributed by atoms with van der Waals surface area (Å²) in [6, 6.07) is 7.52. The molecule has 1 rings (SSSR count). The molecule has 0 aliphatic heterocycles. The molecule has 1 aromatic carbocycles. The van der Waals surface area contributed by atoms with E-state index in [9.17, 15) is 9.59 Å². The van der Waals surface area contributed by atoms with Crippen LogP contribution in [0.25, 0.3) is 0 Å². The van der Waals surface area contributed by atoms with E-state index in [4.69, 9.17) is 10.5 Å². The van der Waals surface area contributed by atoms with E-state index < -0.39 is 0 Å². The fourth-order valence-corrected chi connectivity index (χ4v) is 1.69. The molecule has 0 aromatic heterocycles. The summed E-state index contributed by atoms with van der Waals surface area (Å²) in [6.07, 6.45) is 0. The van der Waals surface area contributed by atoms with Crippen LogP contribution in [0.2, 0.25) is 0 Å². The average Bonchev–Trinajstić information content (AvgIpc) is 2.50. The molecule has 0 aliphatic rings. The Kier molecular flexibility index (Phi) is 9.16. The normalized spacial score (nSPS) is 9.48. The van der Waals surface area contributed by atoms with Crippen molar-refractivity contribution in [1.82, 2.24) is 10.2 Å². The molecular weight excluding hydrogens is 294 g/mol. The summed E-state index contributed by atoms with van der Waals surface area (Å²) in [5.41, 5.74) is 6.17. The molecule has 0 atom stereocenters. The molecule has 118 valence electrons. The van der Waals surface area contributed by atoms with E-state index in [1.54, 1.807) is 12.0 Å². The molecule has 0 aliphatic carbocycles. The first-order chi connectivity index (χ1) is 9.60. The number of amides is 2. The number of nitrogens with two attached hydrogens (primary N) is 1. The van der Waals surface area contributed by atoms with Crippen molar-refractivity contribution in [2.75, 3.05) is 26.7 Å². The van der Waals surface area contributed by atoms with Crippen molar-refractivity contribution >= 4 is 24.2 Å². The minimum Gasteiger partial charge on any atom is -0.497 e. The number of likely N-dealkylation sites (N-methyl/N-ethyl adjacent to an activating group) is 1. The van der Waals surface area contributed by atoms with Crippen LogP contribution < -0.4 is 15.8 Å². The second-order valence-corrected chi connectivity index (χ2v) is 4.24. The lowest BCUT2D eigenvalue weighted by Crippen LogP contribution is -2.41. The third-order valence-corrected chi connectivity index (χ3v) is 2.89. The van der Waals surface area contributed by atoms with E-state index in [-0.39, 0.29) is 37.3 Å². The van der Waals surface area contributed by atoms with Crippen molar-refractivity contribution in [3.63, 3.8) is 0 Å². The van der Waals surface area contributed by atoms with Crippen LogP contribution in [-0.2, 0) is 16.1 Å². The Balaban J connectivity index is 0.00000400. The van der Waals surface area contributed by atoms with E-state index in [1.165, 1.54) is 0 Å². The zero-order valence-electron chi connectivity index (χ0n) is 12.3. The number of nitrogens with one attached hydrogen (secondary N) is 1. The van der Waals surface area contributed by atoms with Gasteiger partial charge in [-0.3, -0.25) is 9.59 Å². The van der Waals surface area contributed by atoms with Gasteiger partial charge in [-0.15, -0.1) is 12.4 Å². The lowest BCUT2D eigenvalue weighted by molar-refractivity contribution is -0.132. The molecule has 0 saturated carbocycles. The highest BCUT2D eigenvalue weighted by molar-refractivity contribution is 5.85. The van der Waals surface area contributed by atoms with E-state index in [0.717, 1.165) is 11.3 Å². The number of ether oxygens (including phenoxy) is 1. The molecular formula is C14H22ClN3O3. The van der Waals surface area contributed by atoms with Crippen LogP contribution >= 0.6 is 12.4 Å². The topological polar surface area (TPSA) is 84.7 Å². The van der Waals surface area contributed by atoms with Crippen molar-refractivity contribution in [1.29, 1.82) is 0 Å². The Morgan fingerprint density at radius 3 is 2.38 bits per heavy atom. The Labute approximate surface area is 131 Å². The lowest BCUT2D eigenvalue weighted by atomic mass is 10.2. The molecule has 0 heterocycles. The van der Waals surface area contributed by atoms with Gasteiger partial charge in [0.15, 0.2) is 0 Å². The van der Waals surface area contributed by atoms with Gasteiger partial charge in [0.1, 0.15) is 5.75 Å². The number of rotatable bonds is 7.